The van der Waals surface area contributed by atoms with E-state index in [0.29, 0.717) is 28.4 Å². The summed E-state index contributed by atoms with van der Waals surface area (Å²) in [6, 6.07) is 13.8. The summed E-state index contributed by atoms with van der Waals surface area (Å²) in [4.78, 5) is 28.3. The number of benzene rings is 2. The Bertz CT molecular complexity index is 1080. The van der Waals surface area contributed by atoms with Gasteiger partial charge >= 0.3 is 0 Å². The Morgan fingerprint density at radius 2 is 2.11 bits per heavy atom. The number of fused-ring (bicyclic) bond motifs is 1. The van der Waals surface area contributed by atoms with Crippen molar-refractivity contribution in [2.45, 2.75) is 36.4 Å². The summed E-state index contributed by atoms with van der Waals surface area (Å²) < 4.78 is 7.39. The van der Waals surface area contributed by atoms with Gasteiger partial charge in [0.15, 0.2) is 5.16 Å². The lowest BCUT2D eigenvalue weighted by Gasteiger charge is -2.16. The first-order valence-corrected chi connectivity index (χ1v) is 10.1. The largest absolute Gasteiger partial charge is 0.376 e. The topological polar surface area (TPSA) is 87.3 Å². The Labute approximate surface area is 165 Å². The summed E-state index contributed by atoms with van der Waals surface area (Å²) in [7, 11) is 0. The van der Waals surface area contributed by atoms with Crippen LogP contribution in [0.3, 0.4) is 0 Å². The first-order chi connectivity index (χ1) is 13.6. The summed E-state index contributed by atoms with van der Waals surface area (Å²) in [5.41, 5.74) is 1.44. The van der Waals surface area contributed by atoms with Gasteiger partial charge in [0.05, 0.1) is 28.5 Å². The Hall–Kier alpha value is -2.71. The van der Waals surface area contributed by atoms with Crippen molar-refractivity contribution in [1.82, 2.24) is 9.55 Å². The van der Waals surface area contributed by atoms with Crippen molar-refractivity contribution in [3.05, 3.63) is 74.6 Å². The maximum absolute atomic E-state index is 13.1. The lowest BCUT2D eigenvalue weighted by atomic mass is 10.2. The third-order valence-electron chi connectivity index (χ3n) is 4.73. The van der Waals surface area contributed by atoms with Crippen molar-refractivity contribution in [3.8, 4) is 0 Å². The molecule has 144 valence electrons. The molecule has 0 bridgehead atoms. The minimum Gasteiger partial charge on any atom is -0.376 e. The normalized spacial score (nSPS) is 16.5. The third kappa shape index (κ3) is 3.93. The second kappa shape index (κ2) is 8.12. The fraction of sp³-hybridized carbons (Fsp3) is 0.300. The average Bonchev–Trinajstić information content (AvgIpc) is 3.22. The standard InChI is InChI=1S/C20H19N3O4S/c24-19-17-8-1-2-9-18(17)21-20(22(19)12-16-7-4-10-27-16)28-13-14-5-3-6-15(11-14)23(25)26/h1-3,5-6,8-9,11,16H,4,7,10,12-13H2/t16-/m0/s1. The summed E-state index contributed by atoms with van der Waals surface area (Å²) in [6.07, 6.45) is 1.93. The summed E-state index contributed by atoms with van der Waals surface area (Å²) in [6.45, 7) is 1.19. The highest BCUT2D eigenvalue weighted by Gasteiger charge is 2.20. The van der Waals surface area contributed by atoms with Crippen molar-refractivity contribution < 1.29 is 9.66 Å². The minimum absolute atomic E-state index is 0.0119. The number of nitro benzene ring substituents is 1. The summed E-state index contributed by atoms with van der Waals surface area (Å²) in [5, 5.41) is 12.2. The van der Waals surface area contributed by atoms with E-state index in [2.05, 4.69) is 4.98 Å². The van der Waals surface area contributed by atoms with E-state index < -0.39 is 4.92 Å². The Balaban J connectivity index is 1.67. The van der Waals surface area contributed by atoms with E-state index in [1.165, 1.54) is 17.8 Å². The van der Waals surface area contributed by atoms with E-state index in [9.17, 15) is 14.9 Å². The fourth-order valence-corrected chi connectivity index (χ4v) is 4.27. The van der Waals surface area contributed by atoms with Crippen molar-refractivity contribution in [2.24, 2.45) is 0 Å². The molecule has 1 atom stereocenters. The predicted octanol–water partition coefficient (Wildman–Crippen LogP) is 3.78. The zero-order valence-electron chi connectivity index (χ0n) is 15.1. The molecule has 2 aromatic carbocycles. The summed E-state index contributed by atoms with van der Waals surface area (Å²) in [5.74, 6) is 0.484. The van der Waals surface area contributed by atoms with Gasteiger partial charge in [0.25, 0.3) is 11.2 Å². The molecule has 0 unspecified atom stereocenters. The maximum atomic E-state index is 13.1. The van der Waals surface area contributed by atoms with Crippen LogP contribution in [0.4, 0.5) is 5.69 Å². The van der Waals surface area contributed by atoms with Crippen molar-refractivity contribution in [2.75, 3.05) is 6.61 Å². The van der Waals surface area contributed by atoms with E-state index in [0.717, 1.165) is 25.0 Å². The molecule has 1 aromatic heterocycles. The second-order valence-corrected chi connectivity index (χ2v) is 7.62. The molecule has 0 saturated carbocycles. The summed E-state index contributed by atoms with van der Waals surface area (Å²) >= 11 is 1.41. The lowest BCUT2D eigenvalue weighted by Crippen LogP contribution is -2.28. The highest BCUT2D eigenvalue weighted by atomic mass is 32.2. The molecule has 28 heavy (non-hydrogen) atoms. The quantitative estimate of drug-likeness (QED) is 0.272. The zero-order valence-corrected chi connectivity index (χ0v) is 15.9. The third-order valence-corrected chi connectivity index (χ3v) is 5.77. The van der Waals surface area contributed by atoms with Crippen LogP contribution in [0.25, 0.3) is 10.9 Å². The number of ether oxygens (including phenoxy) is 1. The van der Waals surface area contributed by atoms with E-state index >= 15 is 0 Å². The van der Waals surface area contributed by atoms with E-state index in [-0.39, 0.29) is 17.4 Å². The number of non-ortho nitro benzene ring substituents is 1. The molecule has 0 radical (unpaired) electrons. The molecule has 8 heteroatoms. The van der Waals surface area contributed by atoms with Gasteiger partial charge in [-0.15, -0.1) is 0 Å². The van der Waals surface area contributed by atoms with Crippen LogP contribution in [0.15, 0.2) is 58.5 Å². The molecule has 1 saturated heterocycles. The Kier molecular flexibility index (Phi) is 5.40. The van der Waals surface area contributed by atoms with Crippen molar-refractivity contribution in [3.63, 3.8) is 0 Å². The average molecular weight is 397 g/mol. The van der Waals surface area contributed by atoms with Crippen LogP contribution in [-0.2, 0) is 17.0 Å². The molecule has 1 fully saturated rings. The highest BCUT2D eigenvalue weighted by Crippen LogP contribution is 2.25. The van der Waals surface area contributed by atoms with Gasteiger partial charge in [0, 0.05) is 24.5 Å². The van der Waals surface area contributed by atoms with Gasteiger partial charge in [0.1, 0.15) is 0 Å². The van der Waals surface area contributed by atoms with Crippen molar-refractivity contribution >= 4 is 28.4 Å². The van der Waals surface area contributed by atoms with Crippen LogP contribution < -0.4 is 5.56 Å². The minimum atomic E-state index is -0.407. The zero-order chi connectivity index (χ0) is 19.5. The molecular weight excluding hydrogens is 378 g/mol. The number of nitrogens with zero attached hydrogens (tertiary/aromatic N) is 3. The smallest absolute Gasteiger partial charge is 0.269 e. The Morgan fingerprint density at radius 3 is 2.89 bits per heavy atom. The van der Waals surface area contributed by atoms with Crippen molar-refractivity contribution in [1.29, 1.82) is 0 Å². The number of hydrogen-bond donors (Lipinski definition) is 0. The van der Waals surface area contributed by atoms with Gasteiger partial charge in [-0.1, -0.05) is 36.0 Å². The van der Waals surface area contributed by atoms with Gasteiger partial charge in [-0.3, -0.25) is 19.5 Å². The van der Waals surface area contributed by atoms with Gasteiger partial charge in [-0.05, 0) is 30.5 Å². The molecular formula is C20H19N3O4S. The van der Waals surface area contributed by atoms with Crippen LogP contribution in [0, 0.1) is 10.1 Å². The van der Waals surface area contributed by atoms with Crippen LogP contribution in [0.2, 0.25) is 0 Å². The molecule has 1 aliphatic heterocycles. The van der Waals surface area contributed by atoms with E-state index in [1.54, 1.807) is 22.8 Å². The molecule has 4 rings (SSSR count). The Morgan fingerprint density at radius 1 is 1.25 bits per heavy atom. The van der Waals surface area contributed by atoms with Gasteiger partial charge in [-0.25, -0.2) is 4.98 Å². The number of aromatic nitrogens is 2. The fourth-order valence-electron chi connectivity index (χ4n) is 3.32. The number of thioether (sulfide) groups is 1. The lowest BCUT2D eigenvalue weighted by molar-refractivity contribution is -0.384. The number of hydrogen-bond acceptors (Lipinski definition) is 6. The highest BCUT2D eigenvalue weighted by molar-refractivity contribution is 7.98. The van der Waals surface area contributed by atoms with Crippen LogP contribution in [0.5, 0.6) is 0 Å². The first-order valence-electron chi connectivity index (χ1n) is 9.09. The monoisotopic (exact) mass is 397 g/mol. The maximum Gasteiger partial charge on any atom is 0.269 e. The molecule has 2 heterocycles. The number of para-hydroxylation sites is 1. The van der Waals surface area contributed by atoms with Gasteiger partial charge in [0.2, 0.25) is 0 Å². The predicted molar refractivity (Wildman–Crippen MR) is 108 cm³/mol. The van der Waals surface area contributed by atoms with Crippen LogP contribution in [0.1, 0.15) is 18.4 Å². The van der Waals surface area contributed by atoms with Gasteiger partial charge < -0.3 is 4.74 Å². The molecule has 1 aliphatic rings. The number of nitro groups is 1. The second-order valence-electron chi connectivity index (χ2n) is 6.68. The number of rotatable bonds is 6. The van der Waals surface area contributed by atoms with Crippen LogP contribution >= 0.6 is 11.8 Å². The van der Waals surface area contributed by atoms with Crippen LogP contribution in [-0.4, -0.2) is 27.2 Å². The molecule has 0 aliphatic carbocycles. The first kappa shape index (κ1) is 18.6. The SMILES string of the molecule is O=c1c2ccccc2nc(SCc2cccc([N+](=O)[O-])c2)n1C[C@@H]1CCCO1. The van der Waals surface area contributed by atoms with E-state index in [1.807, 2.05) is 24.3 Å². The molecule has 0 N–H and O–H groups in total. The molecule has 7 nitrogen and oxygen atoms in total. The molecule has 0 spiro atoms. The molecule has 0 amide bonds. The molecule has 3 aromatic rings. The van der Waals surface area contributed by atoms with Gasteiger partial charge in [-0.2, -0.15) is 0 Å². The van der Waals surface area contributed by atoms with E-state index in [4.69, 9.17) is 4.74 Å².